The van der Waals surface area contributed by atoms with Gasteiger partial charge in [0.05, 0.1) is 6.54 Å². The third-order valence-corrected chi connectivity index (χ3v) is 3.94. The van der Waals surface area contributed by atoms with E-state index in [0.29, 0.717) is 11.3 Å². The number of carbonyl (C=O) groups excluding carboxylic acids is 2. The van der Waals surface area contributed by atoms with Crippen molar-refractivity contribution in [2.24, 2.45) is 0 Å². The summed E-state index contributed by atoms with van der Waals surface area (Å²) in [5.74, 6) is -0.976. The first-order valence-electron chi connectivity index (χ1n) is 6.92. The Morgan fingerprint density at radius 3 is 2.71 bits per heavy atom. The molecule has 0 aliphatic carbocycles. The van der Waals surface area contributed by atoms with E-state index >= 15 is 0 Å². The number of piperazine rings is 1. The summed E-state index contributed by atoms with van der Waals surface area (Å²) in [6, 6.07) is 2.59. The highest BCUT2D eigenvalue weighted by atomic mass is 19.1. The minimum Gasteiger partial charge on any atom is -0.350 e. The van der Waals surface area contributed by atoms with Crippen LogP contribution < -0.4 is 15.5 Å². The lowest BCUT2D eigenvalue weighted by molar-refractivity contribution is -0.132. The topological polar surface area (TPSA) is 61.4 Å². The summed E-state index contributed by atoms with van der Waals surface area (Å²) in [6.07, 6.45) is 0. The zero-order valence-electron chi connectivity index (χ0n) is 12.7. The molecule has 2 amide bonds. The molecule has 1 saturated heterocycles. The van der Waals surface area contributed by atoms with Crippen LogP contribution in [-0.2, 0) is 9.59 Å². The number of halogens is 1. The lowest BCUT2D eigenvalue weighted by atomic mass is 10.00. The van der Waals surface area contributed by atoms with Gasteiger partial charge in [0.25, 0.3) is 0 Å². The van der Waals surface area contributed by atoms with E-state index < -0.39 is 6.04 Å². The average Bonchev–Trinajstić information content (AvgIpc) is 2.44. The second-order valence-corrected chi connectivity index (χ2v) is 5.39. The number of amides is 2. The Kier molecular flexibility index (Phi) is 4.27. The van der Waals surface area contributed by atoms with Gasteiger partial charge in [-0.15, -0.1) is 0 Å². The maximum absolute atomic E-state index is 13.9. The number of hydrogen-bond acceptors (Lipinski definition) is 4. The average molecular weight is 293 g/mol. The van der Waals surface area contributed by atoms with Crippen LogP contribution >= 0.6 is 0 Å². The number of nitrogens with one attached hydrogen (secondary N) is 2. The first kappa shape index (κ1) is 15.4. The van der Waals surface area contributed by atoms with Crippen molar-refractivity contribution in [2.75, 3.05) is 18.5 Å². The number of aryl methyl sites for hydroxylation is 1. The van der Waals surface area contributed by atoms with Crippen LogP contribution in [0.3, 0.4) is 0 Å². The van der Waals surface area contributed by atoms with Gasteiger partial charge >= 0.3 is 0 Å². The lowest BCUT2D eigenvalue weighted by Crippen LogP contribution is -2.57. The normalized spacial score (nSPS) is 20.4. The standard InChI is InChI=1S/C15H20FN3O2/c1-8-5-13(11(6-12(8)16)9(2)17-4)19-7-14(20)18-15(21)10(19)3/h5-6,9-10,17H,7H2,1-4H3,(H,18,20,21). The van der Waals surface area contributed by atoms with E-state index in [1.54, 1.807) is 31.9 Å². The van der Waals surface area contributed by atoms with Gasteiger partial charge in [0.15, 0.2) is 0 Å². The highest BCUT2D eigenvalue weighted by Crippen LogP contribution is 2.31. The van der Waals surface area contributed by atoms with Crippen molar-refractivity contribution in [3.05, 3.63) is 29.1 Å². The van der Waals surface area contributed by atoms with E-state index in [2.05, 4.69) is 10.6 Å². The van der Waals surface area contributed by atoms with Crippen molar-refractivity contribution in [3.63, 3.8) is 0 Å². The molecule has 1 aromatic rings. The van der Waals surface area contributed by atoms with Crippen molar-refractivity contribution in [2.45, 2.75) is 32.9 Å². The predicted molar refractivity (Wildman–Crippen MR) is 78.6 cm³/mol. The fourth-order valence-corrected chi connectivity index (χ4v) is 2.44. The quantitative estimate of drug-likeness (QED) is 0.824. The Balaban J connectivity index is 2.53. The summed E-state index contributed by atoms with van der Waals surface area (Å²) in [5, 5.41) is 5.37. The smallest absolute Gasteiger partial charge is 0.249 e. The third-order valence-electron chi connectivity index (χ3n) is 3.94. The van der Waals surface area contributed by atoms with Crippen LogP contribution in [0.1, 0.15) is 31.0 Å². The third kappa shape index (κ3) is 2.90. The molecule has 21 heavy (non-hydrogen) atoms. The van der Waals surface area contributed by atoms with E-state index in [9.17, 15) is 14.0 Å². The second-order valence-electron chi connectivity index (χ2n) is 5.39. The molecule has 2 rings (SSSR count). The van der Waals surface area contributed by atoms with E-state index in [1.807, 2.05) is 6.92 Å². The van der Waals surface area contributed by atoms with Crippen LogP contribution in [0, 0.1) is 12.7 Å². The van der Waals surface area contributed by atoms with Crippen LogP contribution in [0.25, 0.3) is 0 Å². The number of benzene rings is 1. The van der Waals surface area contributed by atoms with Gasteiger partial charge in [-0.3, -0.25) is 14.9 Å². The summed E-state index contributed by atoms with van der Waals surface area (Å²) in [7, 11) is 1.78. The number of carbonyl (C=O) groups is 2. The van der Waals surface area contributed by atoms with Crippen LogP contribution in [0.15, 0.2) is 12.1 Å². The fraction of sp³-hybridized carbons (Fsp3) is 0.467. The molecule has 0 saturated carbocycles. The zero-order chi connectivity index (χ0) is 15.7. The number of rotatable bonds is 3. The molecular formula is C15H20FN3O2. The van der Waals surface area contributed by atoms with Crippen LogP contribution in [-0.4, -0.2) is 31.4 Å². The molecule has 2 N–H and O–H groups in total. The Morgan fingerprint density at radius 1 is 1.43 bits per heavy atom. The maximum atomic E-state index is 13.9. The van der Waals surface area contributed by atoms with Gasteiger partial charge in [-0.1, -0.05) is 0 Å². The van der Waals surface area contributed by atoms with Crippen molar-refractivity contribution in [1.82, 2.24) is 10.6 Å². The van der Waals surface area contributed by atoms with Crippen LogP contribution in [0.4, 0.5) is 10.1 Å². The molecule has 0 aromatic heterocycles. The van der Waals surface area contributed by atoms with Gasteiger partial charge in [0, 0.05) is 11.7 Å². The molecule has 0 bridgehead atoms. The fourth-order valence-electron chi connectivity index (χ4n) is 2.44. The van der Waals surface area contributed by atoms with Gasteiger partial charge < -0.3 is 10.2 Å². The molecule has 114 valence electrons. The number of hydrogen-bond donors (Lipinski definition) is 2. The molecule has 1 aromatic carbocycles. The molecule has 6 heteroatoms. The minimum absolute atomic E-state index is 0.0847. The highest BCUT2D eigenvalue weighted by Gasteiger charge is 2.32. The van der Waals surface area contributed by atoms with Gasteiger partial charge in [-0.05, 0) is 51.1 Å². The summed E-state index contributed by atoms with van der Waals surface area (Å²) < 4.78 is 13.9. The molecule has 1 heterocycles. The molecule has 5 nitrogen and oxygen atoms in total. The molecule has 2 atom stereocenters. The summed E-state index contributed by atoms with van der Waals surface area (Å²) in [5.41, 5.74) is 1.93. The lowest BCUT2D eigenvalue weighted by Gasteiger charge is -2.36. The Hall–Kier alpha value is -1.95. The van der Waals surface area contributed by atoms with E-state index in [-0.39, 0.29) is 30.2 Å². The van der Waals surface area contributed by atoms with Gasteiger partial charge in [0.2, 0.25) is 11.8 Å². The predicted octanol–water partition coefficient (Wildman–Crippen LogP) is 1.27. The van der Waals surface area contributed by atoms with E-state index in [1.165, 1.54) is 6.07 Å². The maximum Gasteiger partial charge on any atom is 0.249 e. The summed E-state index contributed by atoms with van der Waals surface area (Å²) in [6.45, 7) is 5.39. The summed E-state index contributed by atoms with van der Waals surface area (Å²) >= 11 is 0. The molecule has 2 unspecified atom stereocenters. The van der Waals surface area contributed by atoms with Gasteiger partial charge in [-0.2, -0.15) is 0 Å². The molecule has 1 aliphatic heterocycles. The molecule has 0 radical (unpaired) electrons. The first-order chi connectivity index (χ1) is 9.85. The molecule has 0 spiro atoms. The van der Waals surface area contributed by atoms with Crippen molar-refractivity contribution in [1.29, 1.82) is 0 Å². The van der Waals surface area contributed by atoms with Crippen LogP contribution in [0.2, 0.25) is 0 Å². The summed E-state index contributed by atoms with van der Waals surface area (Å²) in [4.78, 5) is 25.2. The Morgan fingerprint density at radius 2 is 2.10 bits per heavy atom. The monoisotopic (exact) mass is 293 g/mol. The second kappa shape index (κ2) is 5.81. The number of anilines is 1. The van der Waals surface area contributed by atoms with Gasteiger partial charge in [-0.25, -0.2) is 4.39 Å². The van der Waals surface area contributed by atoms with E-state index in [0.717, 1.165) is 5.56 Å². The highest BCUT2D eigenvalue weighted by molar-refractivity contribution is 6.04. The van der Waals surface area contributed by atoms with Crippen molar-refractivity contribution < 1.29 is 14.0 Å². The molecule has 1 aliphatic rings. The zero-order valence-corrected chi connectivity index (χ0v) is 12.7. The Labute approximate surface area is 123 Å². The largest absolute Gasteiger partial charge is 0.350 e. The molecular weight excluding hydrogens is 273 g/mol. The van der Waals surface area contributed by atoms with Crippen molar-refractivity contribution in [3.8, 4) is 0 Å². The Bertz CT molecular complexity index is 589. The minimum atomic E-state index is -0.477. The molecule has 1 fully saturated rings. The van der Waals surface area contributed by atoms with E-state index in [4.69, 9.17) is 0 Å². The van der Waals surface area contributed by atoms with Crippen molar-refractivity contribution >= 4 is 17.5 Å². The first-order valence-corrected chi connectivity index (χ1v) is 6.92. The van der Waals surface area contributed by atoms with Gasteiger partial charge in [0.1, 0.15) is 11.9 Å². The number of nitrogens with zero attached hydrogens (tertiary/aromatic N) is 1. The van der Waals surface area contributed by atoms with Crippen LogP contribution in [0.5, 0.6) is 0 Å². The SMILES string of the molecule is CNC(C)c1cc(F)c(C)cc1N1CC(=O)NC(=O)C1C. The number of imide groups is 1.